The van der Waals surface area contributed by atoms with Gasteiger partial charge in [0.1, 0.15) is 0 Å². The van der Waals surface area contributed by atoms with Crippen molar-refractivity contribution >= 4 is 12.4 Å². The quantitative estimate of drug-likeness (QED) is 0.633. The molecule has 1 atom stereocenters. The molecule has 0 radical (unpaired) electrons. The molecule has 0 aromatic heterocycles. The van der Waals surface area contributed by atoms with Gasteiger partial charge in [0.25, 0.3) is 0 Å². The molecule has 0 amide bonds. The van der Waals surface area contributed by atoms with E-state index in [1.54, 1.807) is 0 Å². The zero-order valence-electron chi connectivity index (χ0n) is 10.1. The van der Waals surface area contributed by atoms with Crippen molar-refractivity contribution < 1.29 is 26.3 Å². The number of halogens is 7. The van der Waals surface area contributed by atoms with Gasteiger partial charge < -0.3 is 5.73 Å². The second-order valence-electron chi connectivity index (χ2n) is 3.97. The van der Waals surface area contributed by atoms with Crippen molar-refractivity contribution in [2.24, 2.45) is 5.73 Å². The molecule has 0 fully saturated rings. The van der Waals surface area contributed by atoms with Gasteiger partial charge in [-0.15, -0.1) is 19.0 Å². The Labute approximate surface area is 117 Å². The largest absolute Gasteiger partial charge is 0.416 e. The fourth-order valence-electron chi connectivity index (χ4n) is 1.51. The third kappa shape index (κ3) is 4.72. The van der Waals surface area contributed by atoms with Crippen LogP contribution in [0.4, 0.5) is 26.3 Å². The van der Waals surface area contributed by atoms with Crippen LogP contribution in [0.5, 0.6) is 0 Å². The topological polar surface area (TPSA) is 26.0 Å². The Morgan fingerprint density at radius 2 is 1.40 bits per heavy atom. The van der Waals surface area contributed by atoms with Gasteiger partial charge in [-0.2, -0.15) is 26.3 Å². The maximum absolute atomic E-state index is 12.6. The van der Waals surface area contributed by atoms with Gasteiger partial charge in [0.05, 0.1) is 11.1 Å². The van der Waals surface area contributed by atoms with Gasteiger partial charge in [0.15, 0.2) is 0 Å². The van der Waals surface area contributed by atoms with Crippen molar-refractivity contribution in [2.75, 3.05) is 0 Å². The van der Waals surface area contributed by atoms with Crippen LogP contribution in [0, 0.1) is 0 Å². The number of hydrogen-bond donors (Lipinski definition) is 1. The molecule has 2 N–H and O–H groups in total. The van der Waals surface area contributed by atoms with Crippen LogP contribution in [-0.4, -0.2) is 0 Å². The van der Waals surface area contributed by atoms with E-state index in [1.165, 1.54) is 6.08 Å². The molecule has 0 unspecified atom stereocenters. The monoisotopic (exact) mass is 319 g/mol. The van der Waals surface area contributed by atoms with Gasteiger partial charge >= 0.3 is 12.4 Å². The summed E-state index contributed by atoms with van der Waals surface area (Å²) in [5, 5.41) is 0. The van der Waals surface area contributed by atoms with E-state index in [0.717, 1.165) is 0 Å². The molecular formula is C12H12ClF6N. The smallest absolute Gasteiger partial charge is 0.324 e. The minimum atomic E-state index is -4.86. The van der Waals surface area contributed by atoms with Crippen LogP contribution in [0.25, 0.3) is 0 Å². The summed E-state index contributed by atoms with van der Waals surface area (Å²) in [6.45, 7) is 3.34. The van der Waals surface area contributed by atoms with E-state index in [9.17, 15) is 26.3 Å². The van der Waals surface area contributed by atoms with E-state index >= 15 is 0 Å². The minimum absolute atomic E-state index is 0. The van der Waals surface area contributed by atoms with Crippen LogP contribution in [0.3, 0.4) is 0 Å². The van der Waals surface area contributed by atoms with E-state index in [2.05, 4.69) is 6.58 Å². The Hall–Kier alpha value is -1.21. The highest BCUT2D eigenvalue weighted by atomic mass is 35.5. The molecule has 0 bridgehead atoms. The van der Waals surface area contributed by atoms with E-state index in [1.807, 2.05) is 0 Å². The summed E-state index contributed by atoms with van der Waals surface area (Å²) in [5.74, 6) is 0. The average molecular weight is 320 g/mol. The molecule has 1 aromatic rings. The molecule has 0 saturated carbocycles. The Bertz CT molecular complexity index is 434. The standard InChI is InChI=1S/C12H11F6N.ClH/c1-2-3-10(19)7-4-8(11(13,14)15)6-9(5-7)12(16,17)18;/h2,4-6,10H,1,3,19H2;1H/t10-;/m1./s1. The highest BCUT2D eigenvalue weighted by Gasteiger charge is 2.37. The first-order valence-electron chi connectivity index (χ1n) is 5.21. The Morgan fingerprint density at radius 1 is 1.00 bits per heavy atom. The molecule has 0 aliphatic heterocycles. The van der Waals surface area contributed by atoms with E-state index in [4.69, 9.17) is 5.73 Å². The molecule has 114 valence electrons. The summed E-state index contributed by atoms with van der Waals surface area (Å²) in [7, 11) is 0. The molecule has 20 heavy (non-hydrogen) atoms. The molecule has 0 saturated heterocycles. The normalized spacial score (nSPS) is 13.6. The van der Waals surface area contributed by atoms with Crippen molar-refractivity contribution in [2.45, 2.75) is 24.8 Å². The fraction of sp³-hybridized carbons (Fsp3) is 0.333. The maximum atomic E-state index is 12.6. The highest BCUT2D eigenvalue weighted by Crippen LogP contribution is 2.37. The van der Waals surface area contributed by atoms with E-state index in [0.29, 0.717) is 12.1 Å². The van der Waals surface area contributed by atoms with Crippen LogP contribution >= 0.6 is 12.4 Å². The van der Waals surface area contributed by atoms with Gasteiger partial charge in [-0.1, -0.05) is 6.08 Å². The lowest BCUT2D eigenvalue weighted by Crippen LogP contribution is -2.15. The number of benzene rings is 1. The summed E-state index contributed by atoms with van der Waals surface area (Å²) in [6, 6.07) is 0.373. The number of hydrogen-bond acceptors (Lipinski definition) is 1. The van der Waals surface area contributed by atoms with Gasteiger partial charge in [-0.05, 0) is 30.2 Å². The summed E-state index contributed by atoms with van der Waals surface area (Å²) in [5.41, 5.74) is 2.58. The van der Waals surface area contributed by atoms with Crippen molar-refractivity contribution in [1.82, 2.24) is 0 Å². The van der Waals surface area contributed by atoms with E-state index < -0.39 is 29.5 Å². The molecule has 1 rings (SSSR count). The molecule has 1 nitrogen and oxygen atoms in total. The molecule has 8 heteroatoms. The van der Waals surface area contributed by atoms with Crippen LogP contribution in [0.2, 0.25) is 0 Å². The van der Waals surface area contributed by atoms with Gasteiger partial charge in [0.2, 0.25) is 0 Å². The third-order valence-corrected chi connectivity index (χ3v) is 2.46. The lowest BCUT2D eigenvalue weighted by molar-refractivity contribution is -0.143. The molecule has 0 aliphatic rings. The predicted octanol–water partition coefficient (Wildman–Crippen LogP) is 4.72. The molecule has 0 aliphatic carbocycles. The van der Waals surface area contributed by atoms with E-state index in [-0.39, 0.29) is 30.5 Å². The van der Waals surface area contributed by atoms with Crippen LogP contribution in [-0.2, 0) is 12.4 Å². The van der Waals surface area contributed by atoms with Gasteiger partial charge in [-0.25, -0.2) is 0 Å². The van der Waals surface area contributed by atoms with Gasteiger partial charge in [-0.3, -0.25) is 0 Å². The zero-order chi connectivity index (χ0) is 14.8. The van der Waals surface area contributed by atoms with Crippen LogP contribution in [0.1, 0.15) is 29.2 Å². The Balaban J connectivity index is 0.00000361. The van der Waals surface area contributed by atoms with Crippen molar-refractivity contribution in [3.8, 4) is 0 Å². The molecular weight excluding hydrogens is 308 g/mol. The SMILES string of the molecule is C=CC[C@@H](N)c1cc(C(F)(F)F)cc(C(F)(F)F)c1.Cl. The second-order valence-corrected chi connectivity index (χ2v) is 3.97. The molecule has 0 spiro atoms. The average Bonchev–Trinajstić information content (AvgIpc) is 2.26. The maximum Gasteiger partial charge on any atom is 0.416 e. The minimum Gasteiger partial charge on any atom is -0.324 e. The third-order valence-electron chi connectivity index (χ3n) is 2.46. The highest BCUT2D eigenvalue weighted by molar-refractivity contribution is 5.85. The molecule has 1 aromatic carbocycles. The second kappa shape index (κ2) is 6.49. The first kappa shape index (κ1) is 18.8. The van der Waals surface area contributed by atoms with Crippen molar-refractivity contribution in [1.29, 1.82) is 0 Å². The van der Waals surface area contributed by atoms with Crippen molar-refractivity contribution in [3.05, 3.63) is 47.5 Å². The first-order valence-corrected chi connectivity index (χ1v) is 5.21. The number of nitrogens with two attached hydrogens (primary N) is 1. The number of rotatable bonds is 3. The summed E-state index contributed by atoms with van der Waals surface area (Å²) in [4.78, 5) is 0. The summed E-state index contributed by atoms with van der Waals surface area (Å²) >= 11 is 0. The number of alkyl halides is 6. The summed E-state index contributed by atoms with van der Waals surface area (Å²) in [6.07, 6.45) is -8.30. The lowest BCUT2D eigenvalue weighted by Gasteiger charge is -2.17. The van der Waals surface area contributed by atoms with Crippen LogP contribution in [0.15, 0.2) is 30.9 Å². The van der Waals surface area contributed by atoms with Crippen LogP contribution < -0.4 is 5.73 Å². The zero-order valence-corrected chi connectivity index (χ0v) is 10.9. The van der Waals surface area contributed by atoms with Crippen molar-refractivity contribution in [3.63, 3.8) is 0 Å². The molecule has 0 heterocycles. The lowest BCUT2D eigenvalue weighted by atomic mass is 9.98. The predicted molar refractivity (Wildman–Crippen MR) is 65.4 cm³/mol. The first-order chi connectivity index (χ1) is 8.55. The Kier molecular flexibility index (Phi) is 6.10. The Morgan fingerprint density at radius 3 is 1.70 bits per heavy atom. The van der Waals surface area contributed by atoms with Gasteiger partial charge in [0, 0.05) is 6.04 Å². The summed E-state index contributed by atoms with van der Waals surface area (Å²) < 4.78 is 75.3. The fourth-order valence-corrected chi connectivity index (χ4v) is 1.51.